The van der Waals surface area contributed by atoms with Gasteiger partial charge in [-0.05, 0) is 42.9 Å². The van der Waals surface area contributed by atoms with E-state index in [4.69, 9.17) is 14.6 Å². The summed E-state index contributed by atoms with van der Waals surface area (Å²) in [5, 5.41) is 4.72. The van der Waals surface area contributed by atoms with E-state index in [0.29, 0.717) is 29.7 Å². The largest absolute Gasteiger partial charge is 0.497 e. The van der Waals surface area contributed by atoms with Gasteiger partial charge in [-0.1, -0.05) is 12.1 Å². The van der Waals surface area contributed by atoms with Crippen LogP contribution < -0.4 is 10.3 Å². The highest BCUT2D eigenvalue weighted by Gasteiger charge is 2.28. The number of H-pyrrole nitrogens is 1. The average Bonchev–Trinajstić information content (AvgIpc) is 3.18. The van der Waals surface area contributed by atoms with Crippen LogP contribution in [0.5, 0.6) is 5.75 Å². The molecule has 2 aliphatic rings. The second kappa shape index (κ2) is 8.20. The lowest BCUT2D eigenvalue weighted by Gasteiger charge is -2.39. The van der Waals surface area contributed by atoms with Crippen LogP contribution in [0.1, 0.15) is 36.0 Å². The van der Waals surface area contributed by atoms with E-state index in [1.54, 1.807) is 17.8 Å². The molecule has 3 aromatic rings. The Hall–Kier alpha value is -2.71. The number of hydrogen-bond acceptors (Lipinski definition) is 6. The molecule has 8 heteroatoms. The zero-order chi connectivity index (χ0) is 20.5. The van der Waals surface area contributed by atoms with E-state index in [1.165, 1.54) is 5.56 Å². The molecule has 5 rings (SSSR count). The van der Waals surface area contributed by atoms with Crippen molar-refractivity contribution < 1.29 is 9.47 Å². The Bertz CT molecular complexity index is 1060. The average molecular weight is 409 g/mol. The Morgan fingerprint density at radius 1 is 1.20 bits per heavy atom. The summed E-state index contributed by atoms with van der Waals surface area (Å²) in [4.78, 5) is 22.3. The number of hydrogen-bond donors (Lipinski definition) is 1. The van der Waals surface area contributed by atoms with Gasteiger partial charge in [-0.2, -0.15) is 5.10 Å². The van der Waals surface area contributed by atoms with Crippen LogP contribution in [-0.2, 0) is 17.7 Å². The maximum atomic E-state index is 12.5. The van der Waals surface area contributed by atoms with Crippen molar-refractivity contribution in [1.29, 1.82) is 0 Å². The van der Waals surface area contributed by atoms with E-state index >= 15 is 0 Å². The van der Waals surface area contributed by atoms with Crippen LogP contribution >= 0.6 is 0 Å². The molecule has 0 aliphatic carbocycles. The van der Waals surface area contributed by atoms with Crippen LogP contribution in [0, 0.1) is 5.92 Å². The molecule has 158 valence electrons. The number of benzene rings is 1. The molecule has 0 unspecified atom stereocenters. The molecule has 2 aliphatic heterocycles. The predicted molar refractivity (Wildman–Crippen MR) is 112 cm³/mol. The summed E-state index contributed by atoms with van der Waals surface area (Å²) in [7, 11) is 1.69. The van der Waals surface area contributed by atoms with Gasteiger partial charge in [0.25, 0.3) is 5.56 Å². The van der Waals surface area contributed by atoms with Crippen molar-refractivity contribution in [1.82, 2.24) is 24.5 Å². The van der Waals surface area contributed by atoms with E-state index in [9.17, 15) is 4.79 Å². The predicted octanol–water partition coefficient (Wildman–Crippen LogP) is 1.99. The summed E-state index contributed by atoms with van der Waals surface area (Å²) in [6, 6.07) is 8.28. The minimum absolute atomic E-state index is 0.124. The smallest absolute Gasteiger partial charge is 0.276 e. The third-order valence-electron chi connectivity index (χ3n) is 6.15. The monoisotopic (exact) mass is 409 g/mol. The van der Waals surface area contributed by atoms with Crippen LogP contribution in [-0.4, -0.2) is 57.9 Å². The Labute approximate surface area is 174 Å². The first kappa shape index (κ1) is 19.3. The van der Waals surface area contributed by atoms with Gasteiger partial charge in [-0.3, -0.25) is 9.69 Å². The molecule has 2 fully saturated rings. The second-order valence-corrected chi connectivity index (χ2v) is 8.31. The van der Waals surface area contributed by atoms with Gasteiger partial charge in [-0.25, -0.2) is 9.50 Å². The number of aromatic nitrogens is 4. The summed E-state index contributed by atoms with van der Waals surface area (Å²) in [5.74, 6) is 3.38. The highest BCUT2D eigenvalue weighted by molar-refractivity contribution is 5.42. The highest BCUT2D eigenvalue weighted by atomic mass is 16.5. The van der Waals surface area contributed by atoms with Crippen molar-refractivity contribution in [2.24, 2.45) is 5.92 Å². The molecule has 0 radical (unpaired) electrons. The van der Waals surface area contributed by atoms with Crippen molar-refractivity contribution >= 4 is 5.52 Å². The Morgan fingerprint density at radius 2 is 1.97 bits per heavy atom. The van der Waals surface area contributed by atoms with E-state index < -0.39 is 0 Å². The van der Waals surface area contributed by atoms with Gasteiger partial charge in [0.05, 0.1) is 19.9 Å². The van der Waals surface area contributed by atoms with Crippen LogP contribution in [0.15, 0.2) is 35.3 Å². The van der Waals surface area contributed by atoms with E-state index in [1.807, 2.05) is 12.1 Å². The maximum absolute atomic E-state index is 12.5. The number of rotatable bonds is 6. The van der Waals surface area contributed by atoms with Crippen LogP contribution in [0.2, 0.25) is 0 Å². The van der Waals surface area contributed by atoms with E-state index in [-0.39, 0.29) is 5.56 Å². The molecule has 2 saturated heterocycles. The normalized spacial score (nSPS) is 18.6. The fourth-order valence-corrected chi connectivity index (χ4v) is 4.51. The Kier molecular flexibility index (Phi) is 5.26. The molecular weight excluding hydrogens is 382 g/mol. The Morgan fingerprint density at radius 3 is 2.70 bits per heavy atom. The lowest BCUT2D eigenvalue weighted by Crippen LogP contribution is -2.47. The Balaban J connectivity index is 1.24. The number of ether oxygens (including phenoxy) is 2. The van der Waals surface area contributed by atoms with Gasteiger partial charge in [0, 0.05) is 32.2 Å². The summed E-state index contributed by atoms with van der Waals surface area (Å²) in [6.07, 6.45) is 4.53. The minimum Gasteiger partial charge on any atom is -0.497 e. The standard InChI is InChI=1S/C22H27N5O3/c1-29-18-4-2-15(3-5-18)10-16-12-26(13-16)14-20-24-22(28)19-11-23-21(27(19)25-20)17-6-8-30-9-7-17/h2-5,11,16-17H,6-10,12-14H2,1H3,(H,24,25,28). The van der Waals surface area contributed by atoms with Gasteiger partial charge in [0.2, 0.25) is 0 Å². The van der Waals surface area contributed by atoms with Gasteiger partial charge < -0.3 is 14.5 Å². The minimum atomic E-state index is -0.124. The topological polar surface area (TPSA) is 84.8 Å². The highest BCUT2D eigenvalue weighted by Crippen LogP contribution is 2.26. The SMILES string of the molecule is COc1ccc(CC2CN(Cc3nn4c(C5CCOCC5)ncc4c(=O)[nH]3)C2)cc1. The van der Waals surface area contributed by atoms with Gasteiger partial charge in [0.1, 0.15) is 17.4 Å². The number of fused-ring (bicyclic) bond motifs is 1. The number of nitrogens with one attached hydrogen (secondary N) is 1. The third-order valence-corrected chi connectivity index (χ3v) is 6.15. The molecular formula is C22H27N5O3. The number of imidazole rings is 1. The lowest BCUT2D eigenvalue weighted by atomic mass is 9.92. The molecule has 1 aromatic carbocycles. The molecule has 4 heterocycles. The fraction of sp³-hybridized carbons (Fsp3) is 0.500. The number of likely N-dealkylation sites (tertiary alicyclic amines) is 1. The van der Waals surface area contributed by atoms with Crippen LogP contribution in [0.3, 0.4) is 0 Å². The van der Waals surface area contributed by atoms with Crippen molar-refractivity contribution in [2.45, 2.75) is 31.7 Å². The molecule has 1 N–H and O–H groups in total. The maximum Gasteiger partial charge on any atom is 0.276 e. The summed E-state index contributed by atoms with van der Waals surface area (Å²) in [6.45, 7) is 4.13. The van der Waals surface area contributed by atoms with Crippen molar-refractivity contribution in [3.8, 4) is 5.75 Å². The first-order chi connectivity index (χ1) is 14.7. The van der Waals surface area contributed by atoms with E-state index in [0.717, 1.165) is 57.1 Å². The molecule has 0 spiro atoms. The first-order valence-corrected chi connectivity index (χ1v) is 10.6. The molecule has 2 aromatic heterocycles. The third kappa shape index (κ3) is 3.85. The molecule has 8 nitrogen and oxygen atoms in total. The number of methoxy groups -OCH3 is 1. The quantitative estimate of drug-likeness (QED) is 0.670. The molecule has 0 bridgehead atoms. The van der Waals surface area contributed by atoms with Crippen LogP contribution in [0.25, 0.3) is 5.52 Å². The number of aromatic amines is 1. The van der Waals surface area contributed by atoms with Crippen LogP contribution in [0.4, 0.5) is 0 Å². The molecule has 30 heavy (non-hydrogen) atoms. The zero-order valence-corrected chi connectivity index (χ0v) is 17.2. The van der Waals surface area contributed by atoms with Gasteiger partial charge >= 0.3 is 0 Å². The van der Waals surface area contributed by atoms with E-state index in [2.05, 4.69) is 27.0 Å². The van der Waals surface area contributed by atoms with Crippen molar-refractivity contribution in [2.75, 3.05) is 33.4 Å². The first-order valence-electron chi connectivity index (χ1n) is 10.6. The summed E-state index contributed by atoms with van der Waals surface area (Å²) in [5.41, 5.74) is 1.72. The summed E-state index contributed by atoms with van der Waals surface area (Å²) >= 11 is 0. The van der Waals surface area contributed by atoms with Gasteiger partial charge in [0.15, 0.2) is 5.52 Å². The van der Waals surface area contributed by atoms with Gasteiger partial charge in [-0.15, -0.1) is 0 Å². The number of nitrogens with zero attached hydrogens (tertiary/aromatic N) is 4. The molecule has 0 atom stereocenters. The molecule has 0 saturated carbocycles. The lowest BCUT2D eigenvalue weighted by molar-refractivity contribution is 0.0828. The molecule has 0 amide bonds. The summed E-state index contributed by atoms with van der Waals surface area (Å²) < 4.78 is 12.4. The van der Waals surface area contributed by atoms with Crippen molar-refractivity contribution in [3.05, 3.63) is 58.0 Å². The zero-order valence-electron chi connectivity index (χ0n) is 17.2. The fourth-order valence-electron chi connectivity index (χ4n) is 4.51. The second-order valence-electron chi connectivity index (χ2n) is 8.31. The van der Waals surface area contributed by atoms with Crippen molar-refractivity contribution in [3.63, 3.8) is 0 Å².